The molecule has 12 heteroatoms. The summed E-state index contributed by atoms with van der Waals surface area (Å²) >= 11 is 0. The molecule has 2 aromatic rings. The number of rotatable bonds is 10. The van der Waals surface area contributed by atoms with E-state index in [-0.39, 0.29) is 30.6 Å². The molecule has 9 nitrogen and oxygen atoms in total. The summed E-state index contributed by atoms with van der Waals surface area (Å²) in [5.41, 5.74) is 2.52. The largest absolute Gasteiger partial charge is 0.412 e. The van der Waals surface area contributed by atoms with Crippen molar-refractivity contribution in [1.29, 1.82) is 0 Å². The molecule has 1 saturated heterocycles. The zero-order chi connectivity index (χ0) is 28.1. The Kier molecular flexibility index (Phi) is 9.66. The molecule has 0 aliphatic carbocycles. The number of aromatic nitrogens is 2. The average molecular weight is 566 g/mol. The zero-order valence-electron chi connectivity index (χ0n) is 23.5. The van der Waals surface area contributed by atoms with Gasteiger partial charge in [0.2, 0.25) is 16.0 Å². The Labute approximate surface area is 227 Å². The van der Waals surface area contributed by atoms with Gasteiger partial charge in [-0.25, -0.2) is 27.1 Å². The van der Waals surface area contributed by atoms with Crippen molar-refractivity contribution >= 4 is 30.0 Å². The molecule has 0 radical (unpaired) electrons. The maximum absolute atomic E-state index is 15.4. The van der Waals surface area contributed by atoms with Gasteiger partial charge in [0.25, 0.3) is 0 Å². The minimum absolute atomic E-state index is 0.0515. The first-order chi connectivity index (χ1) is 17.7. The standard InChI is InChI=1S/C26H40FN5O4SSi/c1-26(2,3)38(6,7)36-19-20-9-8-10-23(24(20)27)21-17-28-25(29-18-21)32-13-11-22(12-14-32)30-35-16-15-31(4)37(5,33)34/h8-10,17-18H,11-16,19H2,1-7H3. The molecule has 0 saturated carbocycles. The van der Waals surface area contributed by atoms with Gasteiger partial charge in [0, 0.05) is 62.1 Å². The first kappa shape index (κ1) is 30.1. The number of hydrogen-bond acceptors (Lipinski definition) is 8. The number of benzene rings is 1. The van der Waals surface area contributed by atoms with Crippen molar-refractivity contribution in [3.63, 3.8) is 0 Å². The third-order valence-electron chi connectivity index (χ3n) is 7.30. The van der Waals surface area contributed by atoms with Crippen molar-refractivity contribution in [2.75, 3.05) is 44.4 Å². The summed E-state index contributed by atoms with van der Waals surface area (Å²) in [5.74, 6) is 0.283. The topological polar surface area (TPSA) is 97.2 Å². The molecule has 3 rings (SSSR count). The molecule has 0 amide bonds. The molecule has 0 unspecified atom stereocenters. The number of sulfonamides is 1. The fourth-order valence-electron chi connectivity index (χ4n) is 3.54. The number of hydrogen-bond donors (Lipinski definition) is 0. The normalized spacial score (nSPS) is 15.2. The summed E-state index contributed by atoms with van der Waals surface area (Å²) in [4.78, 5) is 16.4. The Morgan fingerprint density at radius 2 is 1.79 bits per heavy atom. The summed E-state index contributed by atoms with van der Waals surface area (Å²) in [6.45, 7) is 12.9. The van der Waals surface area contributed by atoms with E-state index in [2.05, 4.69) is 53.9 Å². The molecule has 0 spiro atoms. The summed E-state index contributed by atoms with van der Waals surface area (Å²) in [7, 11) is -3.72. The Morgan fingerprint density at radius 3 is 2.37 bits per heavy atom. The van der Waals surface area contributed by atoms with Gasteiger partial charge in [-0.3, -0.25) is 0 Å². The SMILES string of the molecule is CN(CCON=C1CCN(c2ncc(-c3cccc(CO[Si](C)(C)C(C)(C)C)c3F)cn2)CC1)S(C)(=O)=O. The number of likely N-dealkylation sites (N-methyl/N-ethyl adjacent to an activating group) is 1. The highest BCUT2D eigenvalue weighted by molar-refractivity contribution is 7.88. The summed E-state index contributed by atoms with van der Waals surface area (Å²) in [5, 5.41) is 4.21. The summed E-state index contributed by atoms with van der Waals surface area (Å²) < 4.78 is 45.7. The molecular formula is C26H40FN5O4SSi. The van der Waals surface area contributed by atoms with Crippen molar-refractivity contribution in [3.05, 3.63) is 42.0 Å². The molecule has 0 bridgehead atoms. The van der Waals surface area contributed by atoms with Crippen LogP contribution in [-0.2, 0) is 25.9 Å². The predicted octanol–water partition coefficient (Wildman–Crippen LogP) is 4.67. The first-order valence-corrected chi connectivity index (χ1v) is 17.5. The van der Waals surface area contributed by atoms with Gasteiger partial charge in [0.15, 0.2) is 8.32 Å². The molecule has 1 aromatic carbocycles. The van der Waals surface area contributed by atoms with Crippen LogP contribution in [0.1, 0.15) is 39.2 Å². The van der Waals surface area contributed by atoms with Crippen LogP contribution >= 0.6 is 0 Å². The lowest BCUT2D eigenvalue weighted by atomic mass is 10.1. The number of oxime groups is 1. The minimum Gasteiger partial charge on any atom is -0.412 e. The van der Waals surface area contributed by atoms with E-state index in [1.165, 1.54) is 11.4 Å². The third-order valence-corrected chi connectivity index (χ3v) is 13.1. The lowest BCUT2D eigenvalue weighted by Crippen LogP contribution is -2.40. The Balaban J connectivity index is 1.57. The van der Waals surface area contributed by atoms with Gasteiger partial charge < -0.3 is 14.2 Å². The van der Waals surface area contributed by atoms with Gasteiger partial charge in [0.1, 0.15) is 12.4 Å². The maximum atomic E-state index is 15.4. The highest BCUT2D eigenvalue weighted by Crippen LogP contribution is 2.37. The molecule has 1 aliphatic heterocycles. The first-order valence-electron chi connectivity index (χ1n) is 12.8. The van der Waals surface area contributed by atoms with Crippen LogP contribution in [0.15, 0.2) is 35.7 Å². The highest BCUT2D eigenvalue weighted by atomic mass is 32.2. The zero-order valence-corrected chi connectivity index (χ0v) is 25.3. The van der Waals surface area contributed by atoms with Crippen molar-refractivity contribution in [2.45, 2.75) is 58.4 Å². The van der Waals surface area contributed by atoms with Gasteiger partial charge in [0.05, 0.1) is 25.1 Å². The average Bonchev–Trinajstić information content (AvgIpc) is 2.85. The number of piperidine rings is 1. The molecule has 38 heavy (non-hydrogen) atoms. The molecular weight excluding hydrogens is 525 g/mol. The fraction of sp³-hybridized carbons (Fsp3) is 0.577. The van der Waals surface area contributed by atoms with E-state index in [9.17, 15) is 8.42 Å². The monoisotopic (exact) mass is 565 g/mol. The van der Waals surface area contributed by atoms with Gasteiger partial charge in [-0.05, 0) is 18.1 Å². The third kappa shape index (κ3) is 7.81. The van der Waals surface area contributed by atoms with E-state index in [1.807, 2.05) is 6.07 Å². The van der Waals surface area contributed by atoms with Crippen LogP contribution < -0.4 is 4.90 Å². The van der Waals surface area contributed by atoms with E-state index >= 15 is 4.39 Å². The smallest absolute Gasteiger partial charge is 0.225 e. The molecule has 0 atom stereocenters. The summed E-state index contributed by atoms with van der Waals surface area (Å²) in [6.07, 6.45) is 5.85. The van der Waals surface area contributed by atoms with Crippen molar-refractivity contribution in [3.8, 4) is 11.1 Å². The van der Waals surface area contributed by atoms with Crippen LogP contribution in [0.25, 0.3) is 11.1 Å². The molecule has 210 valence electrons. The van der Waals surface area contributed by atoms with Crippen LogP contribution in [0.5, 0.6) is 0 Å². The molecule has 1 fully saturated rings. The number of anilines is 1. The number of nitrogens with zero attached hydrogens (tertiary/aromatic N) is 5. The molecule has 0 N–H and O–H groups in total. The van der Waals surface area contributed by atoms with Crippen LogP contribution in [0.3, 0.4) is 0 Å². The fourth-order valence-corrected chi connectivity index (χ4v) is 4.90. The van der Waals surface area contributed by atoms with Gasteiger partial charge >= 0.3 is 0 Å². The van der Waals surface area contributed by atoms with E-state index in [0.717, 1.165) is 12.0 Å². The van der Waals surface area contributed by atoms with Crippen molar-refractivity contribution < 1.29 is 22.1 Å². The second-order valence-corrected chi connectivity index (χ2v) is 18.1. The van der Waals surface area contributed by atoms with E-state index in [4.69, 9.17) is 9.26 Å². The quantitative estimate of drug-likeness (QED) is 0.235. The molecule has 1 aliphatic rings. The lowest BCUT2D eigenvalue weighted by molar-refractivity contribution is 0.134. The van der Waals surface area contributed by atoms with Crippen LogP contribution in [0.4, 0.5) is 10.3 Å². The Hall–Kier alpha value is -2.41. The second kappa shape index (κ2) is 12.2. The molecule has 1 aromatic heterocycles. The van der Waals surface area contributed by atoms with Crippen LogP contribution in [-0.4, -0.2) is 76.3 Å². The predicted molar refractivity (Wildman–Crippen MR) is 152 cm³/mol. The van der Waals surface area contributed by atoms with E-state index in [1.54, 1.807) is 24.5 Å². The van der Waals surface area contributed by atoms with Gasteiger partial charge in [-0.15, -0.1) is 0 Å². The number of halogens is 1. The van der Waals surface area contributed by atoms with Gasteiger partial charge in [-0.2, -0.15) is 0 Å². The van der Waals surface area contributed by atoms with Crippen molar-refractivity contribution in [1.82, 2.24) is 14.3 Å². The second-order valence-electron chi connectivity index (χ2n) is 11.2. The van der Waals surface area contributed by atoms with Crippen LogP contribution in [0.2, 0.25) is 18.1 Å². The van der Waals surface area contributed by atoms with Crippen molar-refractivity contribution in [2.24, 2.45) is 5.16 Å². The Morgan fingerprint density at radius 1 is 1.16 bits per heavy atom. The van der Waals surface area contributed by atoms with E-state index in [0.29, 0.717) is 48.6 Å². The van der Waals surface area contributed by atoms with Gasteiger partial charge in [-0.1, -0.05) is 44.1 Å². The minimum atomic E-state index is -3.23. The Bertz CT molecular complexity index is 1220. The lowest BCUT2D eigenvalue weighted by Gasteiger charge is -2.36. The summed E-state index contributed by atoms with van der Waals surface area (Å²) in [6, 6.07) is 5.34. The van der Waals surface area contributed by atoms with Crippen LogP contribution in [0, 0.1) is 5.82 Å². The van der Waals surface area contributed by atoms with E-state index < -0.39 is 18.3 Å². The molecule has 2 heterocycles. The highest BCUT2D eigenvalue weighted by Gasteiger charge is 2.37. The maximum Gasteiger partial charge on any atom is 0.225 e.